The van der Waals surface area contributed by atoms with Gasteiger partial charge in [0.15, 0.2) is 12.1 Å². The van der Waals surface area contributed by atoms with E-state index in [0.717, 1.165) is 22.3 Å². The van der Waals surface area contributed by atoms with Gasteiger partial charge in [-0.2, -0.15) is 0 Å². The molecule has 40 heavy (non-hydrogen) atoms. The molecule has 1 saturated heterocycles. The number of carbonyl (C=O) groups excluding carboxylic acids is 3. The maximum Gasteiger partial charge on any atom is 0.334 e. The molecule has 3 aromatic rings. The number of nitrogens with one attached hydrogen (secondary N) is 1. The molecule has 7 nitrogen and oxygen atoms in total. The third-order valence-electron chi connectivity index (χ3n) is 6.91. The van der Waals surface area contributed by atoms with Crippen molar-refractivity contribution in [1.29, 1.82) is 0 Å². The van der Waals surface area contributed by atoms with Gasteiger partial charge in [-0.1, -0.05) is 103 Å². The van der Waals surface area contributed by atoms with Gasteiger partial charge in [0, 0.05) is 5.41 Å². The van der Waals surface area contributed by atoms with Crippen LogP contribution in [0.15, 0.2) is 114 Å². The Labute approximate surface area is 236 Å². The second kappa shape index (κ2) is 11.8. The predicted molar refractivity (Wildman–Crippen MR) is 153 cm³/mol. The van der Waals surface area contributed by atoms with Crippen LogP contribution >= 0.6 is 0 Å². The summed E-state index contributed by atoms with van der Waals surface area (Å²) < 4.78 is 19.4. The van der Waals surface area contributed by atoms with E-state index in [2.05, 4.69) is 11.9 Å². The molecule has 4 atom stereocenters. The Morgan fingerprint density at radius 1 is 0.925 bits per heavy atom. The van der Waals surface area contributed by atoms with E-state index in [9.17, 15) is 18.6 Å². The maximum absolute atomic E-state index is 13.9. The molecule has 1 N–H and O–H groups in total. The summed E-state index contributed by atoms with van der Waals surface area (Å²) in [5, 5.41) is 3.38. The molecule has 2 amide bonds. The average Bonchev–Trinajstić information content (AvgIpc) is 2.95. The van der Waals surface area contributed by atoms with Gasteiger partial charge in [0.2, 0.25) is 11.8 Å². The molecular weight excluding hydrogens is 524 g/mol. The first-order chi connectivity index (χ1) is 19.3. The maximum atomic E-state index is 13.9. The molecule has 3 aromatic carbocycles. The third-order valence-corrected chi connectivity index (χ3v) is 8.42. The highest BCUT2D eigenvalue weighted by Crippen LogP contribution is 2.38. The molecule has 2 aliphatic heterocycles. The van der Waals surface area contributed by atoms with E-state index in [0.29, 0.717) is 5.57 Å². The number of carbonyl (C=O) groups is 3. The van der Waals surface area contributed by atoms with E-state index in [1.54, 1.807) is 6.92 Å². The lowest BCUT2D eigenvalue weighted by Crippen LogP contribution is -2.76. The van der Waals surface area contributed by atoms with Crippen molar-refractivity contribution in [3.63, 3.8) is 0 Å². The fraction of sp³-hybridized carbons (Fsp3) is 0.219. The number of rotatable bonds is 9. The summed E-state index contributed by atoms with van der Waals surface area (Å²) in [6.45, 7) is 5.75. The summed E-state index contributed by atoms with van der Waals surface area (Å²) in [4.78, 5) is 41.3. The number of hydrogen-bond acceptors (Lipinski definition) is 5. The minimum atomic E-state index is -1.63. The van der Waals surface area contributed by atoms with Crippen molar-refractivity contribution >= 4 is 28.6 Å². The van der Waals surface area contributed by atoms with Gasteiger partial charge >= 0.3 is 5.97 Å². The number of allylic oxidation sites excluding steroid dienone is 1. The van der Waals surface area contributed by atoms with Gasteiger partial charge in [0.05, 0.1) is 17.2 Å². The fourth-order valence-corrected chi connectivity index (χ4v) is 6.68. The summed E-state index contributed by atoms with van der Waals surface area (Å²) in [6.07, 6.45) is -0.333. The SMILES string of the molecule is C=C(C)CC1=CS(=O)[C@@H]2[C@H](NC(=O)Cc3ccccc3)C(=O)N2[C@H]1C(=O)OC(c1ccccc1)c1ccccc1. The van der Waals surface area contributed by atoms with E-state index in [4.69, 9.17) is 4.74 Å². The lowest BCUT2D eigenvalue weighted by molar-refractivity contribution is -0.165. The normalized spacial score (nSPS) is 21.6. The molecular formula is C32H30N2O5S. The Bertz CT molecular complexity index is 1430. The molecule has 0 bridgehead atoms. The minimum Gasteiger partial charge on any atom is -0.451 e. The Balaban J connectivity index is 1.41. The van der Waals surface area contributed by atoms with Gasteiger partial charge in [-0.3, -0.25) is 13.8 Å². The van der Waals surface area contributed by atoms with Crippen LogP contribution in [0.4, 0.5) is 0 Å². The summed E-state index contributed by atoms with van der Waals surface area (Å²) in [5.41, 5.74) is 3.61. The molecule has 2 aliphatic rings. The first-order valence-electron chi connectivity index (χ1n) is 13.0. The molecule has 5 rings (SSSR count). The Kier molecular flexibility index (Phi) is 8.07. The van der Waals surface area contributed by atoms with Crippen LogP contribution in [0.2, 0.25) is 0 Å². The highest BCUT2D eigenvalue weighted by Gasteiger charge is 2.58. The van der Waals surface area contributed by atoms with E-state index < -0.39 is 46.2 Å². The zero-order chi connectivity index (χ0) is 28.2. The largest absolute Gasteiger partial charge is 0.451 e. The molecule has 8 heteroatoms. The van der Waals surface area contributed by atoms with E-state index in [-0.39, 0.29) is 18.7 Å². The van der Waals surface area contributed by atoms with Crippen molar-refractivity contribution in [1.82, 2.24) is 10.2 Å². The Hall–Kier alpha value is -4.30. The minimum absolute atomic E-state index is 0.0853. The van der Waals surface area contributed by atoms with Crippen LogP contribution in [0.25, 0.3) is 0 Å². The third kappa shape index (κ3) is 5.67. The van der Waals surface area contributed by atoms with Crippen molar-refractivity contribution in [3.8, 4) is 0 Å². The number of fused-ring (bicyclic) bond motifs is 1. The topological polar surface area (TPSA) is 92.8 Å². The second-order valence-corrected chi connectivity index (χ2v) is 11.4. The van der Waals surface area contributed by atoms with Crippen LogP contribution in [0.5, 0.6) is 0 Å². The van der Waals surface area contributed by atoms with Crippen molar-refractivity contribution in [2.24, 2.45) is 0 Å². The average molecular weight is 555 g/mol. The van der Waals surface area contributed by atoms with E-state index in [1.807, 2.05) is 91.0 Å². The lowest BCUT2D eigenvalue weighted by Gasteiger charge is -2.51. The summed E-state index contributed by atoms with van der Waals surface area (Å²) in [6, 6.07) is 25.8. The molecule has 0 spiro atoms. The van der Waals surface area contributed by atoms with Gasteiger partial charge in [0.25, 0.3) is 0 Å². The van der Waals surface area contributed by atoms with Crippen molar-refractivity contribution in [3.05, 3.63) is 131 Å². The smallest absolute Gasteiger partial charge is 0.334 e. The first-order valence-corrected chi connectivity index (χ1v) is 14.3. The second-order valence-electron chi connectivity index (χ2n) is 10.0. The predicted octanol–water partition coefficient (Wildman–Crippen LogP) is 4.20. The Morgan fingerprint density at radius 2 is 1.48 bits per heavy atom. The van der Waals surface area contributed by atoms with Crippen LogP contribution in [0.1, 0.15) is 36.1 Å². The summed E-state index contributed by atoms with van der Waals surface area (Å²) in [5.74, 6) is -1.45. The van der Waals surface area contributed by atoms with Crippen LogP contribution in [0, 0.1) is 0 Å². The number of nitrogens with zero attached hydrogens (tertiary/aromatic N) is 1. The molecule has 0 aromatic heterocycles. The van der Waals surface area contributed by atoms with Crippen LogP contribution in [-0.2, 0) is 36.3 Å². The van der Waals surface area contributed by atoms with Crippen molar-refractivity contribution < 1.29 is 23.3 Å². The number of ether oxygens (including phenoxy) is 1. The molecule has 204 valence electrons. The van der Waals surface area contributed by atoms with Gasteiger partial charge in [0.1, 0.15) is 11.4 Å². The molecule has 1 fully saturated rings. The fourth-order valence-electron chi connectivity index (χ4n) is 5.12. The quantitative estimate of drug-likeness (QED) is 0.243. The first kappa shape index (κ1) is 27.3. The van der Waals surface area contributed by atoms with Gasteiger partial charge < -0.3 is 15.0 Å². The van der Waals surface area contributed by atoms with Crippen LogP contribution < -0.4 is 5.32 Å². The highest BCUT2D eigenvalue weighted by molar-refractivity contribution is 7.88. The van der Waals surface area contributed by atoms with Gasteiger partial charge in [-0.25, -0.2) is 4.79 Å². The van der Waals surface area contributed by atoms with E-state index in [1.165, 1.54) is 10.3 Å². The summed E-state index contributed by atoms with van der Waals surface area (Å²) in [7, 11) is -1.63. The van der Waals surface area contributed by atoms with E-state index >= 15 is 0 Å². The molecule has 0 saturated carbocycles. The molecule has 2 heterocycles. The van der Waals surface area contributed by atoms with Crippen LogP contribution in [-0.4, -0.2) is 44.4 Å². The Morgan fingerprint density at radius 3 is 2.02 bits per heavy atom. The highest BCUT2D eigenvalue weighted by atomic mass is 32.2. The van der Waals surface area contributed by atoms with Crippen molar-refractivity contribution in [2.75, 3.05) is 0 Å². The number of amides is 2. The monoisotopic (exact) mass is 554 g/mol. The zero-order valence-corrected chi connectivity index (χ0v) is 22.9. The molecule has 0 aliphatic carbocycles. The molecule has 0 radical (unpaired) electrons. The standard InChI is InChI=1S/C32H30N2O5S/c1-21(2)18-25-20-40(38)31-27(33-26(35)19-22-12-6-3-7-13-22)30(36)34(31)28(25)32(37)39-29(23-14-8-4-9-15-23)24-16-10-5-11-17-24/h3-17,20,27-29,31H,1,18-19H2,2H3,(H,33,35)/t27-,28-,31-,40?/m1/s1. The van der Waals surface area contributed by atoms with Gasteiger partial charge in [-0.05, 0) is 35.6 Å². The number of β-lactam (4-membered cyclic amide) rings is 1. The van der Waals surface area contributed by atoms with Gasteiger partial charge in [-0.15, -0.1) is 0 Å². The zero-order valence-electron chi connectivity index (χ0n) is 22.1. The summed E-state index contributed by atoms with van der Waals surface area (Å²) >= 11 is 0. The molecule has 1 unspecified atom stereocenters. The van der Waals surface area contributed by atoms with Crippen LogP contribution in [0.3, 0.4) is 0 Å². The number of esters is 1. The number of benzene rings is 3. The lowest BCUT2D eigenvalue weighted by atomic mass is 9.94. The van der Waals surface area contributed by atoms with Crippen molar-refractivity contribution in [2.45, 2.75) is 43.3 Å². The number of hydrogen-bond donors (Lipinski definition) is 1.